The predicted molar refractivity (Wildman–Crippen MR) is 97.3 cm³/mol. The fourth-order valence-electron chi connectivity index (χ4n) is 2.14. The maximum absolute atomic E-state index is 11.9. The zero-order valence-electron chi connectivity index (χ0n) is 13.4. The molecule has 1 amide bonds. The first-order valence-electron chi connectivity index (χ1n) is 7.70. The quantitative estimate of drug-likeness (QED) is 0.791. The molecule has 2 rings (SSSR count). The van der Waals surface area contributed by atoms with E-state index in [1.165, 1.54) is 11.8 Å². The number of fused-ring (bicyclic) bond motifs is 1. The molecule has 1 heterocycles. The van der Waals surface area contributed by atoms with Gasteiger partial charge in [-0.15, -0.1) is 0 Å². The van der Waals surface area contributed by atoms with E-state index in [4.69, 9.17) is 21.7 Å². The zero-order chi connectivity index (χ0) is 16.7. The van der Waals surface area contributed by atoms with Gasteiger partial charge in [-0.25, -0.2) is 0 Å². The van der Waals surface area contributed by atoms with E-state index in [1.54, 1.807) is 0 Å². The Balaban J connectivity index is 1.70. The van der Waals surface area contributed by atoms with Crippen molar-refractivity contribution in [2.75, 3.05) is 32.0 Å². The number of amides is 1. The van der Waals surface area contributed by atoms with E-state index in [0.29, 0.717) is 18.9 Å². The lowest BCUT2D eigenvalue weighted by atomic mass is 10.2. The number of ether oxygens (including phenoxy) is 2. The van der Waals surface area contributed by atoms with Crippen molar-refractivity contribution < 1.29 is 14.3 Å². The Morgan fingerprint density at radius 3 is 2.74 bits per heavy atom. The number of para-hydroxylation sites is 2. The zero-order valence-corrected chi connectivity index (χ0v) is 15.0. The van der Waals surface area contributed by atoms with Crippen LogP contribution in [-0.2, 0) is 4.79 Å². The summed E-state index contributed by atoms with van der Waals surface area (Å²) in [6, 6.07) is 7.53. The summed E-state index contributed by atoms with van der Waals surface area (Å²) in [6.07, 6.45) is -0.173. The minimum atomic E-state index is -0.173. The molecule has 126 valence electrons. The van der Waals surface area contributed by atoms with Crippen LogP contribution >= 0.6 is 24.0 Å². The maximum atomic E-state index is 11.9. The van der Waals surface area contributed by atoms with Crippen LogP contribution < -0.4 is 14.8 Å². The summed E-state index contributed by atoms with van der Waals surface area (Å²) in [5.74, 6) is 1.73. The lowest BCUT2D eigenvalue weighted by molar-refractivity contribution is -0.119. The highest BCUT2D eigenvalue weighted by atomic mass is 32.2. The lowest BCUT2D eigenvalue weighted by Gasteiger charge is -2.26. The number of carbonyl (C=O) groups is 1. The Morgan fingerprint density at radius 1 is 1.35 bits per heavy atom. The van der Waals surface area contributed by atoms with Crippen molar-refractivity contribution in [2.45, 2.75) is 20.0 Å². The second-order valence-electron chi connectivity index (χ2n) is 5.03. The number of thioether (sulfide) groups is 1. The fraction of sp³-hybridized carbons (Fsp3) is 0.500. The SMILES string of the molecule is CCN(CC)C(=S)SCC(=O)NC[C@H]1COc2ccccc2O1. The summed E-state index contributed by atoms with van der Waals surface area (Å²) in [6.45, 7) is 6.67. The average molecular weight is 354 g/mol. The predicted octanol–water partition coefficient (Wildman–Crippen LogP) is 2.30. The van der Waals surface area contributed by atoms with Gasteiger partial charge >= 0.3 is 0 Å². The molecule has 0 aliphatic carbocycles. The average Bonchev–Trinajstić information content (AvgIpc) is 2.59. The van der Waals surface area contributed by atoms with E-state index in [2.05, 4.69) is 24.1 Å². The summed E-state index contributed by atoms with van der Waals surface area (Å²) in [7, 11) is 0. The molecule has 1 N–H and O–H groups in total. The van der Waals surface area contributed by atoms with Gasteiger partial charge in [-0.1, -0.05) is 36.1 Å². The van der Waals surface area contributed by atoms with E-state index in [0.717, 1.165) is 28.9 Å². The molecular formula is C16H22N2O3S2. The standard InChI is InChI=1S/C16H22N2O3S2/c1-3-18(4-2)16(22)23-11-15(19)17-9-12-10-20-13-7-5-6-8-14(13)21-12/h5-8,12H,3-4,9-11H2,1-2H3,(H,17,19)/t12-/m0/s1. The van der Waals surface area contributed by atoms with E-state index < -0.39 is 0 Å². The van der Waals surface area contributed by atoms with Gasteiger partial charge in [0.15, 0.2) is 11.5 Å². The molecule has 0 radical (unpaired) electrons. The molecule has 0 fully saturated rings. The van der Waals surface area contributed by atoms with Gasteiger partial charge < -0.3 is 19.7 Å². The molecule has 1 atom stereocenters. The third-order valence-corrected chi connectivity index (χ3v) is 4.97. The minimum absolute atomic E-state index is 0.0491. The van der Waals surface area contributed by atoms with Gasteiger partial charge in [0.25, 0.3) is 0 Å². The van der Waals surface area contributed by atoms with Crippen LogP contribution in [0.1, 0.15) is 13.8 Å². The van der Waals surface area contributed by atoms with E-state index in [9.17, 15) is 4.79 Å². The van der Waals surface area contributed by atoms with Crippen molar-refractivity contribution >= 4 is 34.2 Å². The largest absolute Gasteiger partial charge is 0.486 e. The van der Waals surface area contributed by atoms with Gasteiger partial charge in [-0.3, -0.25) is 4.79 Å². The summed E-state index contributed by atoms with van der Waals surface area (Å²) in [5, 5.41) is 2.87. The second kappa shape index (κ2) is 8.98. The molecule has 0 aromatic heterocycles. The second-order valence-corrected chi connectivity index (χ2v) is 6.64. The van der Waals surface area contributed by atoms with Crippen LogP contribution in [0.25, 0.3) is 0 Å². The molecule has 23 heavy (non-hydrogen) atoms. The van der Waals surface area contributed by atoms with Crippen LogP contribution in [0, 0.1) is 0 Å². The summed E-state index contributed by atoms with van der Waals surface area (Å²) in [5.41, 5.74) is 0. The number of carbonyl (C=O) groups excluding carboxylic acids is 1. The molecule has 0 saturated heterocycles. The van der Waals surface area contributed by atoms with E-state index >= 15 is 0 Å². The molecular weight excluding hydrogens is 332 g/mol. The van der Waals surface area contributed by atoms with Crippen LogP contribution in [-0.4, -0.2) is 53.2 Å². The highest BCUT2D eigenvalue weighted by molar-refractivity contribution is 8.23. The number of thiocarbonyl (C=S) groups is 1. The van der Waals surface area contributed by atoms with Crippen molar-refractivity contribution in [3.63, 3.8) is 0 Å². The van der Waals surface area contributed by atoms with Crippen LogP contribution in [0.5, 0.6) is 11.5 Å². The molecule has 1 aliphatic rings. The Labute approximate surface area is 146 Å². The Hall–Kier alpha value is -1.47. The highest BCUT2D eigenvalue weighted by Gasteiger charge is 2.21. The third-order valence-electron chi connectivity index (χ3n) is 3.44. The first-order chi connectivity index (χ1) is 11.1. The van der Waals surface area contributed by atoms with E-state index in [1.807, 2.05) is 24.3 Å². The molecule has 0 unspecified atom stereocenters. The molecule has 1 aromatic rings. The number of hydrogen-bond donors (Lipinski definition) is 1. The van der Waals surface area contributed by atoms with Gasteiger partial charge in [0.2, 0.25) is 5.91 Å². The van der Waals surface area contributed by atoms with Crippen LogP contribution in [0.15, 0.2) is 24.3 Å². The number of hydrogen-bond acceptors (Lipinski definition) is 5. The van der Waals surface area contributed by atoms with Crippen LogP contribution in [0.4, 0.5) is 0 Å². The third kappa shape index (κ3) is 5.28. The molecule has 0 bridgehead atoms. The summed E-state index contributed by atoms with van der Waals surface area (Å²) >= 11 is 6.70. The van der Waals surface area contributed by atoms with Crippen molar-refractivity contribution in [2.24, 2.45) is 0 Å². The molecule has 0 saturated carbocycles. The van der Waals surface area contributed by atoms with Gasteiger partial charge in [-0.2, -0.15) is 0 Å². The monoisotopic (exact) mass is 354 g/mol. The maximum Gasteiger partial charge on any atom is 0.230 e. The molecule has 1 aromatic carbocycles. The number of nitrogens with zero attached hydrogens (tertiary/aromatic N) is 1. The number of rotatable bonds is 6. The number of benzene rings is 1. The Bertz CT molecular complexity index is 550. The lowest BCUT2D eigenvalue weighted by Crippen LogP contribution is -2.41. The van der Waals surface area contributed by atoms with Gasteiger partial charge in [-0.05, 0) is 26.0 Å². The molecule has 5 nitrogen and oxygen atoms in total. The Kier molecular flexibility index (Phi) is 6.98. The molecule has 0 spiro atoms. The van der Waals surface area contributed by atoms with Gasteiger partial charge in [0.1, 0.15) is 17.0 Å². The smallest absolute Gasteiger partial charge is 0.230 e. The van der Waals surface area contributed by atoms with Gasteiger partial charge in [0.05, 0.1) is 12.3 Å². The highest BCUT2D eigenvalue weighted by Crippen LogP contribution is 2.30. The first-order valence-corrected chi connectivity index (χ1v) is 9.10. The molecule has 7 heteroatoms. The topological polar surface area (TPSA) is 50.8 Å². The minimum Gasteiger partial charge on any atom is -0.486 e. The van der Waals surface area contributed by atoms with Crippen molar-refractivity contribution in [3.05, 3.63) is 24.3 Å². The summed E-state index contributed by atoms with van der Waals surface area (Å²) < 4.78 is 12.2. The van der Waals surface area contributed by atoms with Crippen LogP contribution in [0.3, 0.4) is 0 Å². The Morgan fingerprint density at radius 2 is 2.04 bits per heavy atom. The number of nitrogens with one attached hydrogen (secondary N) is 1. The van der Waals surface area contributed by atoms with Gasteiger partial charge in [0, 0.05) is 13.1 Å². The fourth-order valence-corrected chi connectivity index (χ4v) is 3.38. The normalized spacial score (nSPS) is 15.8. The van der Waals surface area contributed by atoms with Crippen LogP contribution in [0.2, 0.25) is 0 Å². The van der Waals surface area contributed by atoms with Crippen molar-refractivity contribution in [1.82, 2.24) is 10.2 Å². The summed E-state index contributed by atoms with van der Waals surface area (Å²) in [4.78, 5) is 14.0. The van der Waals surface area contributed by atoms with E-state index in [-0.39, 0.29) is 12.0 Å². The first kappa shape index (κ1) is 17.9. The van der Waals surface area contributed by atoms with Crippen molar-refractivity contribution in [1.29, 1.82) is 0 Å². The van der Waals surface area contributed by atoms with Crippen molar-refractivity contribution in [3.8, 4) is 11.5 Å². The molecule has 1 aliphatic heterocycles.